The molecule has 0 N–H and O–H groups in total. The van der Waals surface area contributed by atoms with Gasteiger partial charge in [0.05, 0.1) is 0 Å². The van der Waals surface area contributed by atoms with Crippen LogP contribution < -0.4 is 0 Å². The molecule has 0 saturated heterocycles. The molecule has 0 amide bonds. The van der Waals surface area contributed by atoms with Gasteiger partial charge in [-0.3, -0.25) is 0 Å². The maximum atomic E-state index is 2.21. The van der Waals surface area contributed by atoms with E-state index in [2.05, 4.69) is 38.1 Å². The molecule has 0 aliphatic rings. The van der Waals surface area contributed by atoms with E-state index >= 15 is 0 Å². The summed E-state index contributed by atoms with van der Waals surface area (Å²) >= 11 is 0. The molecule has 0 heterocycles. The van der Waals surface area contributed by atoms with Crippen LogP contribution in [0.3, 0.4) is 0 Å². The van der Waals surface area contributed by atoms with Crippen molar-refractivity contribution in [1.82, 2.24) is 0 Å². The Balaban J connectivity index is 0.000001000. The fraction of sp³-hybridized carbons (Fsp3) is 0.400. The molecule has 0 saturated carbocycles. The van der Waals surface area contributed by atoms with Gasteiger partial charge in [-0.15, -0.1) is 0 Å². The summed E-state index contributed by atoms with van der Waals surface area (Å²) in [6.45, 7) is 4.36. The van der Waals surface area contributed by atoms with Gasteiger partial charge in [-0.05, 0) is 24.0 Å². The second-order valence-electron chi connectivity index (χ2n) is 2.52. The predicted molar refractivity (Wildman–Crippen MR) is 45.2 cm³/mol. The largest absolute Gasteiger partial charge is 0.0613 e. The third-order valence-electron chi connectivity index (χ3n) is 1.84. The van der Waals surface area contributed by atoms with Crippen LogP contribution >= 0.6 is 0 Å². The molecule has 0 aliphatic heterocycles. The summed E-state index contributed by atoms with van der Waals surface area (Å²) in [5.74, 6) is 0. The Morgan fingerprint density at radius 2 is 1.09 bits per heavy atom. The normalized spacial score (nSPS) is 8.91. The number of hydrogen-bond acceptors (Lipinski definition) is 0. The fourth-order valence-corrected chi connectivity index (χ4v) is 1.01. The first-order chi connectivity index (χ1) is 4.86. The summed E-state index contributed by atoms with van der Waals surface area (Å²) in [5, 5.41) is 0. The van der Waals surface area contributed by atoms with E-state index in [4.69, 9.17) is 0 Å². The van der Waals surface area contributed by atoms with Crippen molar-refractivity contribution in [2.75, 3.05) is 0 Å². The van der Waals surface area contributed by atoms with Gasteiger partial charge in [-0.1, -0.05) is 38.1 Å². The number of rotatable bonds is 2. The second-order valence-corrected chi connectivity index (χ2v) is 2.52. The van der Waals surface area contributed by atoms with Crippen molar-refractivity contribution >= 4 is 0 Å². The van der Waals surface area contributed by atoms with E-state index in [1.54, 1.807) is 0 Å². The van der Waals surface area contributed by atoms with Crippen LogP contribution in [0.1, 0.15) is 25.0 Å². The van der Waals surface area contributed by atoms with Crippen molar-refractivity contribution in [2.45, 2.75) is 26.7 Å². The van der Waals surface area contributed by atoms with Crippen molar-refractivity contribution in [2.24, 2.45) is 0 Å². The monoisotopic (exact) mass is 232 g/mol. The molecule has 0 bridgehead atoms. The molecule has 0 aromatic heterocycles. The molecule has 1 heteroatoms. The molecule has 11 heavy (non-hydrogen) atoms. The molecule has 0 spiro atoms. The van der Waals surface area contributed by atoms with Gasteiger partial charge in [-0.2, -0.15) is 0 Å². The average molecular weight is 230 g/mol. The Hall–Kier alpha value is -0.0917. The van der Waals surface area contributed by atoms with Crippen LogP contribution in [-0.4, -0.2) is 0 Å². The summed E-state index contributed by atoms with van der Waals surface area (Å²) in [6.07, 6.45) is 2.29. The third kappa shape index (κ3) is 3.20. The molecule has 1 rings (SSSR count). The number of benzene rings is 1. The molecule has 0 aliphatic carbocycles. The summed E-state index contributed by atoms with van der Waals surface area (Å²) in [4.78, 5) is 0. The minimum Gasteiger partial charge on any atom is -0.0613 e. The van der Waals surface area contributed by atoms with E-state index in [0.717, 1.165) is 12.8 Å². The second kappa shape index (κ2) is 5.54. The van der Waals surface area contributed by atoms with Gasteiger partial charge in [-0.25, -0.2) is 0 Å². The molecule has 0 radical (unpaired) electrons. The van der Waals surface area contributed by atoms with Gasteiger partial charge in [0, 0.05) is 21.1 Å². The minimum atomic E-state index is 0. The summed E-state index contributed by atoms with van der Waals surface area (Å²) < 4.78 is 0. The Kier molecular flexibility index (Phi) is 5.50. The zero-order chi connectivity index (χ0) is 7.40. The van der Waals surface area contributed by atoms with Gasteiger partial charge in [0.25, 0.3) is 0 Å². The predicted octanol–water partition coefficient (Wildman–Crippen LogP) is 2.81. The summed E-state index contributed by atoms with van der Waals surface area (Å²) in [7, 11) is 0. The van der Waals surface area contributed by atoms with Crippen LogP contribution in [0.2, 0.25) is 0 Å². The van der Waals surface area contributed by atoms with Crippen LogP contribution in [0.25, 0.3) is 0 Å². The van der Waals surface area contributed by atoms with Crippen LogP contribution in [0, 0.1) is 0 Å². The van der Waals surface area contributed by atoms with Crippen LogP contribution in [0.4, 0.5) is 0 Å². The molecule has 60 valence electrons. The molecule has 0 atom stereocenters. The quantitative estimate of drug-likeness (QED) is 0.685. The Morgan fingerprint density at radius 3 is 1.27 bits per heavy atom. The van der Waals surface area contributed by atoms with E-state index in [9.17, 15) is 0 Å². The number of hydrogen-bond donors (Lipinski definition) is 0. The first-order valence-electron chi connectivity index (χ1n) is 3.94. The van der Waals surface area contributed by atoms with E-state index in [0.29, 0.717) is 0 Å². The van der Waals surface area contributed by atoms with Gasteiger partial charge >= 0.3 is 0 Å². The van der Waals surface area contributed by atoms with Crippen LogP contribution in [-0.2, 0) is 33.9 Å². The van der Waals surface area contributed by atoms with Crippen molar-refractivity contribution in [3.8, 4) is 0 Å². The average Bonchev–Trinajstić information content (AvgIpc) is 2.05. The molecule has 1 aromatic carbocycles. The fourth-order valence-electron chi connectivity index (χ4n) is 1.01. The standard InChI is InChI=1S/C10H14.Mo/c1-3-9-5-7-10(4-2)8-6-9;/h5-8H,3-4H2,1-2H3;. The van der Waals surface area contributed by atoms with Gasteiger partial charge in [0.15, 0.2) is 0 Å². The van der Waals surface area contributed by atoms with Crippen molar-refractivity contribution in [1.29, 1.82) is 0 Å². The van der Waals surface area contributed by atoms with Crippen molar-refractivity contribution in [3.05, 3.63) is 35.4 Å². The third-order valence-corrected chi connectivity index (χ3v) is 1.84. The van der Waals surface area contributed by atoms with E-state index in [1.807, 2.05) is 0 Å². The smallest absolute Gasteiger partial charge is 0 e. The summed E-state index contributed by atoms with van der Waals surface area (Å²) in [6, 6.07) is 8.83. The number of aryl methyl sites for hydroxylation is 2. The first-order valence-corrected chi connectivity index (χ1v) is 3.94. The maximum absolute atomic E-state index is 2.21. The first kappa shape index (κ1) is 10.9. The Morgan fingerprint density at radius 1 is 0.818 bits per heavy atom. The topological polar surface area (TPSA) is 0 Å². The minimum absolute atomic E-state index is 0. The zero-order valence-electron chi connectivity index (χ0n) is 7.13. The van der Waals surface area contributed by atoms with E-state index in [1.165, 1.54) is 11.1 Å². The van der Waals surface area contributed by atoms with Gasteiger partial charge < -0.3 is 0 Å². The van der Waals surface area contributed by atoms with Gasteiger partial charge in [0.1, 0.15) is 0 Å². The molecule has 0 fully saturated rings. The SMILES string of the molecule is CCc1ccc(CC)cc1.[Mo]. The molecule has 1 aromatic rings. The Bertz CT molecular complexity index is 166. The molecule has 0 unspecified atom stereocenters. The van der Waals surface area contributed by atoms with Crippen molar-refractivity contribution in [3.63, 3.8) is 0 Å². The van der Waals surface area contributed by atoms with Gasteiger partial charge in [0.2, 0.25) is 0 Å². The van der Waals surface area contributed by atoms with Crippen LogP contribution in [0.15, 0.2) is 24.3 Å². The molecular weight excluding hydrogens is 216 g/mol. The van der Waals surface area contributed by atoms with Crippen LogP contribution in [0.5, 0.6) is 0 Å². The molecule has 0 nitrogen and oxygen atoms in total. The zero-order valence-corrected chi connectivity index (χ0v) is 9.14. The van der Waals surface area contributed by atoms with E-state index < -0.39 is 0 Å². The summed E-state index contributed by atoms with van der Waals surface area (Å²) in [5.41, 5.74) is 2.86. The maximum Gasteiger partial charge on any atom is 0 e. The van der Waals surface area contributed by atoms with E-state index in [-0.39, 0.29) is 21.1 Å². The van der Waals surface area contributed by atoms with Crippen molar-refractivity contribution < 1.29 is 21.1 Å². The Labute approximate surface area is 83.3 Å². The molecular formula is C10H14Mo.